The molecule has 0 fully saturated rings. The zero-order chi connectivity index (χ0) is 10.8. The summed E-state index contributed by atoms with van der Waals surface area (Å²) in [5.74, 6) is -0.893. The third kappa shape index (κ3) is 2.10. The Morgan fingerprint density at radius 2 is 2.40 bits per heavy atom. The number of carboxylic acids is 1. The first kappa shape index (κ1) is 9.98. The van der Waals surface area contributed by atoms with Gasteiger partial charge in [0.2, 0.25) is 0 Å². The Labute approximate surface area is 91.6 Å². The van der Waals surface area contributed by atoms with Crippen LogP contribution in [0.15, 0.2) is 29.4 Å². The average molecular weight is 225 g/mol. The molecule has 0 saturated carbocycles. The summed E-state index contributed by atoms with van der Waals surface area (Å²) in [4.78, 5) is 10.7. The molecule has 1 aliphatic heterocycles. The van der Waals surface area contributed by atoms with Crippen molar-refractivity contribution in [1.82, 2.24) is 5.43 Å². The Morgan fingerprint density at radius 3 is 3.00 bits per heavy atom. The Kier molecular flexibility index (Phi) is 2.60. The molecule has 1 aliphatic rings. The second-order valence-electron chi connectivity index (χ2n) is 3.29. The second-order valence-corrected chi connectivity index (χ2v) is 3.73. The number of nitrogens with zero attached hydrogens (tertiary/aromatic N) is 1. The summed E-state index contributed by atoms with van der Waals surface area (Å²) >= 11 is 5.83. The van der Waals surface area contributed by atoms with Gasteiger partial charge in [-0.3, -0.25) is 5.43 Å². The van der Waals surface area contributed by atoms with Crippen molar-refractivity contribution in [1.29, 1.82) is 0 Å². The highest BCUT2D eigenvalue weighted by atomic mass is 35.5. The molecule has 78 valence electrons. The fraction of sp³-hybridized carbons (Fsp3) is 0.200. The van der Waals surface area contributed by atoms with Crippen LogP contribution in [0.3, 0.4) is 0 Å². The van der Waals surface area contributed by atoms with Crippen LogP contribution in [0.4, 0.5) is 0 Å². The van der Waals surface area contributed by atoms with E-state index in [9.17, 15) is 4.79 Å². The third-order valence-corrected chi connectivity index (χ3v) is 2.44. The summed E-state index contributed by atoms with van der Waals surface area (Å²) in [5, 5.41) is 13.4. The van der Waals surface area contributed by atoms with Gasteiger partial charge in [0, 0.05) is 11.4 Å². The van der Waals surface area contributed by atoms with Crippen molar-refractivity contribution in [3.05, 3.63) is 34.9 Å². The highest BCUT2D eigenvalue weighted by molar-refractivity contribution is 6.31. The summed E-state index contributed by atoms with van der Waals surface area (Å²) in [7, 11) is 0. The quantitative estimate of drug-likeness (QED) is 0.800. The number of halogens is 1. The van der Waals surface area contributed by atoms with E-state index in [0.29, 0.717) is 11.4 Å². The van der Waals surface area contributed by atoms with Crippen LogP contribution >= 0.6 is 11.6 Å². The van der Waals surface area contributed by atoms with Crippen LogP contribution in [-0.4, -0.2) is 22.8 Å². The number of hydrogen-bond acceptors (Lipinski definition) is 3. The van der Waals surface area contributed by atoms with Gasteiger partial charge in [-0.25, -0.2) is 4.79 Å². The zero-order valence-corrected chi connectivity index (χ0v) is 8.53. The Bertz CT molecular complexity index is 431. The predicted octanol–water partition coefficient (Wildman–Crippen LogP) is 1.49. The van der Waals surface area contributed by atoms with E-state index in [0.717, 1.165) is 11.3 Å². The molecule has 0 radical (unpaired) electrons. The molecule has 0 amide bonds. The summed E-state index contributed by atoms with van der Waals surface area (Å²) in [6.45, 7) is 0. The van der Waals surface area contributed by atoms with Gasteiger partial charge in [0.15, 0.2) is 0 Å². The highest BCUT2D eigenvalue weighted by Gasteiger charge is 2.25. The molecule has 5 heteroatoms. The Morgan fingerprint density at radius 1 is 1.60 bits per heavy atom. The van der Waals surface area contributed by atoms with Gasteiger partial charge in [-0.15, -0.1) is 0 Å². The summed E-state index contributed by atoms with van der Waals surface area (Å²) in [6.07, 6.45) is 0.385. The lowest BCUT2D eigenvalue weighted by Gasteiger charge is -2.02. The first-order valence-corrected chi connectivity index (χ1v) is 4.85. The van der Waals surface area contributed by atoms with Gasteiger partial charge in [-0.05, 0) is 17.7 Å². The van der Waals surface area contributed by atoms with Crippen molar-refractivity contribution in [3.8, 4) is 0 Å². The fourth-order valence-corrected chi connectivity index (χ4v) is 1.62. The monoisotopic (exact) mass is 224 g/mol. The molecule has 1 aromatic rings. The summed E-state index contributed by atoms with van der Waals surface area (Å²) < 4.78 is 0. The van der Waals surface area contributed by atoms with E-state index in [2.05, 4.69) is 10.5 Å². The molecule has 4 nitrogen and oxygen atoms in total. The van der Waals surface area contributed by atoms with E-state index in [4.69, 9.17) is 16.7 Å². The fourth-order valence-electron chi connectivity index (χ4n) is 1.43. The predicted molar refractivity (Wildman–Crippen MR) is 57.2 cm³/mol. The molecular formula is C10H9ClN2O2. The molecule has 2 N–H and O–H groups in total. The molecule has 2 rings (SSSR count). The molecular weight excluding hydrogens is 216 g/mol. The van der Waals surface area contributed by atoms with Crippen LogP contribution in [0.1, 0.15) is 12.0 Å². The maximum Gasteiger partial charge on any atom is 0.328 e. The second kappa shape index (κ2) is 3.90. The SMILES string of the molecule is O=C(O)C1CC(c2cccc(Cl)c2)=NN1. The Hall–Kier alpha value is -1.55. The van der Waals surface area contributed by atoms with Crippen LogP contribution in [0.2, 0.25) is 5.02 Å². The molecule has 0 spiro atoms. The first-order valence-electron chi connectivity index (χ1n) is 4.47. The van der Waals surface area contributed by atoms with Crippen molar-refractivity contribution >= 4 is 23.3 Å². The number of carboxylic acid groups (broad SMARTS) is 1. The smallest absolute Gasteiger partial charge is 0.328 e. The van der Waals surface area contributed by atoms with E-state index in [-0.39, 0.29) is 0 Å². The molecule has 1 atom stereocenters. The third-order valence-electron chi connectivity index (χ3n) is 2.21. The van der Waals surface area contributed by atoms with Crippen molar-refractivity contribution < 1.29 is 9.90 Å². The number of aliphatic carboxylic acids is 1. The average Bonchev–Trinajstić information content (AvgIpc) is 2.66. The lowest BCUT2D eigenvalue weighted by Crippen LogP contribution is -2.29. The maximum atomic E-state index is 10.7. The van der Waals surface area contributed by atoms with Gasteiger partial charge < -0.3 is 5.11 Å². The van der Waals surface area contributed by atoms with Crippen LogP contribution in [0, 0.1) is 0 Å². The molecule has 1 unspecified atom stereocenters. The number of rotatable bonds is 2. The van der Waals surface area contributed by atoms with Crippen LogP contribution in [-0.2, 0) is 4.79 Å². The summed E-state index contributed by atoms with van der Waals surface area (Å²) in [5.41, 5.74) is 4.16. The maximum absolute atomic E-state index is 10.7. The summed E-state index contributed by atoms with van der Waals surface area (Å²) in [6, 6.07) is 6.58. The molecule has 1 heterocycles. The van der Waals surface area contributed by atoms with Gasteiger partial charge >= 0.3 is 5.97 Å². The zero-order valence-electron chi connectivity index (χ0n) is 7.77. The number of nitrogens with one attached hydrogen (secondary N) is 1. The molecule has 0 aromatic heterocycles. The minimum absolute atomic E-state index is 0.385. The number of hydrazone groups is 1. The van der Waals surface area contributed by atoms with Crippen molar-refractivity contribution in [2.75, 3.05) is 0 Å². The van der Waals surface area contributed by atoms with E-state index >= 15 is 0 Å². The standard InChI is InChI=1S/C10H9ClN2O2/c11-7-3-1-2-6(4-7)8-5-9(10(14)15)13-12-8/h1-4,9,13H,5H2,(H,14,15). The molecule has 0 saturated heterocycles. The number of benzene rings is 1. The molecule has 15 heavy (non-hydrogen) atoms. The molecule has 0 bridgehead atoms. The highest BCUT2D eigenvalue weighted by Crippen LogP contribution is 2.16. The van der Waals surface area contributed by atoms with Crippen LogP contribution in [0.5, 0.6) is 0 Å². The normalized spacial score (nSPS) is 19.5. The van der Waals surface area contributed by atoms with E-state index in [1.54, 1.807) is 12.1 Å². The minimum atomic E-state index is -0.893. The van der Waals surface area contributed by atoms with Gasteiger partial charge in [0.25, 0.3) is 0 Å². The van der Waals surface area contributed by atoms with Gasteiger partial charge in [0.1, 0.15) is 6.04 Å². The van der Waals surface area contributed by atoms with Crippen molar-refractivity contribution in [3.63, 3.8) is 0 Å². The van der Waals surface area contributed by atoms with Crippen molar-refractivity contribution in [2.45, 2.75) is 12.5 Å². The largest absolute Gasteiger partial charge is 0.480 e. The van der Waals surface area contributed by atoms with Crippen molar-refractivity contribution in [2.24, 2.45) is 5.10 Å². The van der Waals surface area contributed by atoms with Gasteiger partial charge in [-0.1, -0.05) is 23.7 Å². The van der Waals surface area contributed by atoms with E-state index in [1.165, 1.54) is 0 Å². The Balaban J connectivity index is 2.17. The van der Waals surface area contributed by atoms with Crippen LogP contribution in [0.25, 0.3) is 0 Å². The molecule has 1 aromatic carbocycles. The van der Waals surface area contributed by atoms with E-state index < -0.39 is 12.0 Å². The van der Waals surface area contributed by atoms with Gasteiger partial charge in [-0.2, -0.15) is 5.10 Å². The number of carbonyl (C=O) groups is 1. The molecule has 0 aliphatic carbocycles. The number of hydrogen-bond donors (Lipinski definition) is 2. The lowest BCUT2D eigenvalue weighted by molar-refractivity contribution is -0.139. The van der Waals surface area contributed by atoms with Gasteiger partial charge in [0.05, 0.1) is 5.71 Å². The first-order chi connectivity index (χ1) is 7.16. The van der Waals surface area contributed by atoms with E-state index in [1.807, 2.05) is 12.1 Å². The minimum Gasteiger partial charge on any atom is -0.480 e. The van der Waals surface area contributed by atoms with Crippen LogP contribution < -0.4 is 5.43 Å². The lowest BCUT2D eigenvalue weighted by atomic mass is 10.0. The topological polar surface area (TPSA) is 61.7 Å².